The largest absolute Gasteiger partial charge is 0.497 e. The van der Waals surface area contributed by atoms with Crippen LogP contribution in [0.15, 0.2) is 24.3 Å². The van der Waals surface area contributed by atoms with Gasteiger partial charge < -0.3 is 15.8 Å². The van der Waals surface area contributed by atoms with E-state index in [-0.39, 0.29) is 6.54 Å². The molecule has 4 N–H and O–H groups in total. The second-order valence-corrected chi connectivity index (χ2v) is 3.75. The van der Waals surface area contributed by atoms with Gasteiger partial charge in [-0.25, -0.2) is 4.79 Å². The van der Waals surface area contributed by atoms with Crippen LogP contribution in [0, 0.1) is 0 Å². The van der Waals surface area contributed by atoms with Crippen molar-refractivity contribution >= 4 is 11.9 Å². The summed E-state index contributed by atoms with van der Waals surface area (Å²) < 4.78 is 5.08. The molecule has 1 heterocycles. The monoisotopic (exact) mass is 235 g/mol. The van der Waals surface area contributed by atoms with Gasteiger partial charge in [0.15, 0.2) is 5.54 Å². The number of carbonyl (C=O) groups excluding carboxylic acids is 2. The molecule has 6 nitrogen and oxygen atoms in total. The minimum Gasteiger partial charge on any atom is -0.497 e. The molecule has 1 unspecified atom stereocenters. The summed E-state index contributed by atoms with van der Waals surface area (Å²) in [5.41, 5.74) is 5.03. The summed E-state index contributed by atoms with van der Waals surface area (Å²) in [6.45, 7) is -0.0161. The smallest absolute Gasteiger partial charge is 0.322 e. The second kappa shape index (κ2) is 4.06. The quantitative estimate of drug-likeness (QED) is 0.626. The SMILES string of the molecule is COc1cccc(C2(CN)NC(=O)NC2=O)c1. The normalized spacial score (nSPS) is 23.2. The molecule has 2 rings (SSSR count). The number of hydrogen-bond acceptors (Lipinski definition) is 4. The van der Waals surface area contributed by atoms with E-state index >= 15 is 0 Å². The first-order valence-corrected chi connectivity index (χ1v) is 5.10. The molecule has 1 aliphatic rings. The average molecular weight is 235 g/mol. The first kappa shape index (κ1) is 11.4. The van der Waals surface area contributed by atoms with Crippen LogP contribution in [0.5, 0.6) is 5.75 Å². The van der Waals surface area contributed by atoms with Crippen molar-refractivity contribution in [3.63, 3.8) is 0 Å². The van der Waals surface area contributed by atoms with Gasteiger partial charge in [0, 0.05) is 6.54 Å². The van der Waals surface area contributed by atoms with Crippen LogP contribution in [-0.2, 0) is 10.3 Å². The molecule has 1 aromatic rings. The molecule has 90 valence electrons. The third kappa shape index (κ3) is 1.72. The van der Waals surface area contributed by atoms with Crippen LogP contribution >= 0.6 is 0 Å². The molecule has 0 aromatic heterocycles. The summed E-state index contributed by atoms with van der Waals surface area (Å²) in [6.07, 6.45) is 0. The fraction of sp³-hybridized carbons (Fsp3) is 0.273. The number of hydrogen-bond donors (Lipinski definition) is 3. The summed E-state index contributed by atoms with van der Waals surface area (Å²) in [4.78, 5) is 23.0. The lowest BCUT2D eigenvalue weighted by atomic mass is 9.90. The van der Waals surface area contributed by atoms with E-state index in [1.807, 2.05) is 0 Å². The molecule has 1 atom stereocenters. The molecule has 1 saturated heterocycles. The standard InChI is InChI=1S/C11H13N3O3/c1-17-8-4-2-3-7(5-8)11(6-12)9(15)13-10(16)14-11/h2-5H,6,12H2,1H3,(H2,13,14,15,16). The Labute approximate surface area is 98.1 Å². The third-order valence-corrected chi connectivity index (χ3v) is 2.81. The van der Waals surface area contributed by atoms with Gasteiger partial charge in [0.1, 0.15) is 5.75 Å². The van der Waals surface area contributed by atoms with Gasteiger partial charge in [-0.05, 0) is 17.7 Å². The summed E-state index contributed by atoms with van der Waals surface area (Å²) in [5, 5.41) is 4.74. The van der Waals surface area contributed by atoms with E-state index in [9.17, 15) is 9.59 Å². The highest BCUT2D eigenvalue weighted by molar-refractivity contribution is 6.07. The zero-order chi connectivity index (χ0) is 12.5. The second-order valence-electron chi connectivity index (χ2n) is 3.75. The maximum Gasteiger partial charge on any atom is 0.322 e. The zero-order valence-corrected chi connectivity index (χ0v) is 9.32. The van der Waals surface area contributed by atoms with Crippen LogP contribution in [0.25, 0.3) is 0 Å². The van der Waals surface area contributed by atoms with Gasteiger partial charge in [0.25, 0.3) is 5.91 Å². The predicted molar refractivity (Wildman–Crippen MR) is 60.4 cm³/mol. The van der Waals surface area contributed by atoms with E-state index in [2.05, 4.69) is 10.6 Å². The Kier molecular flexibility index (Phi) is 2.72. The Morgan fingerprint density at radius 3 is 2.71 bits per heavy atom. The Morgan fingerprint density at radius 2 is 2.18 bits per heavy atom. The fourth-order valence-corrected chi connectivity index (χ4v) is 1.85. The van der Waals surface area contributed by atoms with E-state index in [0.717, 1.165) is 0 Å². The number of carbonyl (C=O) groups is 2. The molecule has 0 aliphatic carbocycles. The van der Waals surface area contributed by atoms with E-state index in [4.69, 9.17) is 10.5 Å². The number of nitrogens with two attached hydrogens (primary N) is 1. The molecule has 1 aliphatic heterocycles. The molecule has 17 heavy (non-hydrogen) atoms. The maximum absolute atomic E-state index is 11.8. The predicted octanol–water partition coefficient (Wildman–Crippen LogP) is -0.311. The molecular formula is C11H13N3O3. The number of urea groups is 1. The summed E-state index contributed by atoms with van der Waals surface area (Å²) >= 11 is 0. The molecule has 1 fully saturated rings. The Balaban J connectivity index is 2.47. The zero-order valence-electron chi connectivity index (χ0n) is 9.32. The molecule has 0 radical (unpaired) electrons. The Morgan fingerprint density at radius 1 is 1.41 bits per heavy atom. The average Bonchev–Trinajstić information content (AvgIpc) is 2.65. The molecule has 1 aromatic carbocycles. The van der Waals surface area contributed by atoms with E-state index in [1.54, 1.807) is 24.3 Å². The number of rotatable bonds is 3. The van der Waals surface area contributed by atoms with Crippen molar-refractivity contribution in [3.8, 4) is 5.75 Å². The number of benzene rings is 1. The van der Waals surface area contributed by atoms with E-state index < -0.39 is 17.5 Å². The molecule has 3 amide bonds. The summed E-state index contributed by atoms with van der Waals surface area (Å²) in [7, 11) is 1.53. The van der Waals surface area contributed by atoms with Gasteiger partial charge in [-0.1, -0.05) is 12.1 Å². The first-order valence-electron chi connectivity index (χ1n) is 5.10. The van der Waals surface area contributed by atoms with Crippen molar-refractivity contribution in [1.82, 2.24) is 10.6 Å². The number of nitrogens with one attached hydrogen (secondary N) is 2. The van der Waals surface area contributed by atoms with Crippen molar-refractivity contribution in [2.24, 2.45) is 5.73 Å². The van der Waals surface area contributed by atoms with Crippen LogP contribution in [0.3, 0.4) is 0 Å². The van der Waals surface area contributed by atoms with Gasteiger partial charge in [-0.15, -0.1) is 0 Å². The molecule has 6 heteroatoms. The van der Waals surface area contributed by atoms with Crippen molar-refractivity contribution < 1.29 is 14.3 Å². The van der Waals surface area contributed by atoms with Gasteiger partial charge in [0.2, 0.25) is 0 Å². The van der Waals surface area contributed by atoms with Crippen LogP contribution in [0.4, 0.5) is 4.79 Å². The molecule has 0 bridgehead atoms. The number of methoxy groups -OCH3 is 1. The lowest BCUT2D eigenvalue weighted by molar-refractivity contribution is -0.123. The number of amides is 3. The minimum absolute atomic E-state index is 0.0161. The van der Waals surface area contributed by atoms with Crippen molar-refractivity contribution in [2.45, 2.75) is 5.54 Å². The van der Waals surface area contributed by atoms with Gasteiger partial charge >= 0.3 is 6.03 Å². The topological polar surface area (TPSA) is 93.4 Å². The Hall–Kier alpha value is -2.08. The van der Waals surface area contributed by atoms with Gasteiger partial charge in [-0.2, -0.15) is 0 Å². The van der Waals surface area contributed by atoms with Crippen LogP contribution in [-0.4, -0.2) is 25.6 Å². The third-order valence-electron chi connectivity index (χ3n) is 2.81. The minimum atomic E-state index is -1.20. The lowest BCUT2D eigenvalue weighted by Crippen LogP contribution is -2.49. The highest BCUT2D eigenvalue weighted by atomic mass is 16.5. The van der Waals surface area contributed by atoms with Gasteiger partial charge in [-0.3, -0.25) is 10.1 Å². The van der Waals surface area contributed by atoms with Crippen LogP contribution in [0.1, 0.15) is 5.56 Å². The van der Waals surface area contributed by atoms with Crippen LogP contribution < -0.4 is 21.1 Å². The van der Waals surface area contributed by atoms with Crippen molar-refractivity contribution in [1.29, 1.82) is 0 Å². The number of ether oxygens (including phenoxy) is 1. The highest BCUT2D eigenvalue weighted by Crippen LogP contribution is 2.26. The molecule has 0 saturated carbocycles. The fourth-order valence-electron chi connectivity index (χ4n) is 1.85. The lowest BCUT2D eigenvalue weighted by Gasteiger charge is -2.24. The van der Waals surface area contributed by atoms with E-state index in [1.165, 1.54) is 7.11 Å². The van der Waals surface area contributed by atoms with E-state index in [0.29, 0.717) is 11.3 Å². The molecular weight excluding hydrogens is 222 g/mol. The van der Waals surface area contributed by atoms with Crippen molar-refractivity contribution in [3.05, 3.63) is 29.8 Å². The first-order chi connectivity index (χ1) is 8.12. The maximum atomic E-state index is 11.8. The van der Waals surface area contributed by atoms with Crippen LogP contribution in [0.2, 0.25) is 0 Å². The number of imide groups is 1. The highest BCUT2D eigenvalue weighted by Gasteiger charge is 2.46. The molecule has 0 spiro atoms. The Bertz CT molecular complexity index is 475. The summed E-state index contributed by atoms with van der Waals surface area (Å²) in [5.74, 6) is 0.155. The van der Waals surface area contributed by atoms with Gasteiger partial charge in [0.05, 0.1) is 7.11 Å². The van der Waals surface area contributed by atoms with Crippen molar-refractivity contribution in [2.75, 3.05) is 13.7 Å². The summed E-state index contributed by atoms with van der Waals surface area (Å²) in [6, 6.07) is 6.35.